The SMILES string of the molecule is CN(C[C@H]1Cc2ccccc2O1)C(=O)Cn1nc2ccccc2n1. The monoisotopic (exact) mass is 322 g/mol. The van der Waals surface area contributed by atoms with Gasteiger partial charge in [-0.05, 0) is 23.8 Å². The van der Waals surface area contributed by atoms with Gasteiger partial charge in [-0.3, -0.25) is 4.79 Å². The maximum atomic E-state index is 12.4. The zero-order valence-corrected chi connectivity index (χ0v) is 13.4. The molecular formula is C18H18N4O2. The number of carbonyl (C=O) groups is 1. The molecule has 122 valence electrons. The van der Waals surface area contributed by atoms with E-state index >= 15 is 0 Å². The average Bonchev–Trinajstić information content (AvgIpc) is 3.16. The summed E-state index contributed by atoms with van der Waals surface area (Å²) in [6.45, 7) is 0.680. The predicted molar refractivity (Wildman–Crippen MR) is 89.7 cm³/mol. The van der Waals surface area contributed by atoms with E-state index in [9.17, 15) is 4.79 Å². The highest BCUT2D eigenvalue weighted by Gasteiger charge is 2.25. The lowest BCUT2D eigenvalue weighted by atomic mass is 10.1. The molecule has 2 aromatic carbocycles. The topological polar surface area (TPSA) is 60.2 Å². The maximum absolute atomic E-state index is 12.4. The molecule has 0 spiro atoms. The molecule has 4 rings (SSSR count). The van der Waals surface area contributed by atoms with Gasteiger partial charge in [0.1, 0.15) is 29.4 Å². The second-order valence-electron chi connectivity index (χ2n) is 6.05. The van der Waals surface area contributed by atoms with Crippen LogP contribution in [-0.4, -0.2) is 45.5 Å². The molecule has 0 fully saturated rings. The van der Waals surface area contributed by atoms with E-state index in [-0.39, 0.29) is 18.6 Å². The van der Waals surface area contributed by atoms with E-state index in [1.165, 1.54) is 10.4 Å². The Morgan fingerprint density at radius 3 is 2.54 bits per heavy atom. The van der Waals surface area contributed by atoms with Crippen molar-refractivity contribution in [2.75, 3.05) is 13.6 Å². The van der Waals surface area contributed by atoms with Crippen LogP contribution in [-0.2, 0) is 17.8 Å². The number of amides is 1. The van der Waals surface area contributed by atoms with Gasteiger partial charge in [0.05, 0.1) is 6.54 Å². The van der Waals surface area contributed by atoms with Crippen LogP contribution in [0.3, 0.4) is 0 Å². The van der Waals surface area contributed by atoms with Crippen LogP contribution in [0.15, 0.2) is 48.5 Å². The number of para-hydroxylation sites is 1. The normalized spacial score (nSPS) is 16.0. The minimum atomic E-state index is -0.0325. The van der Waals surface area contributed by atoms with Gasteiger partial charge in [0.25, 0.3) is 0 Å². The van der Waals surface area contributed by atoms with E-state index in [2.05, 4.69) is 16.3 Å². The number of aromatic nitrogens is 3. The lowest BCUT2D eigenvalue weighted by Gasteiger charge is -2.20. The molecule has 0 saturated carbocycles. The highest BCUT2D eigenvalue weighted by atomic mass is 16.5. The van der Waals surface area contributed by atoms with E-state index in [1.54, 1.807) is 11.9 Å². The Balaban J connectivity index is 1.38. The zero-order chi connectivity index (χ0) is 16.5. The van der Waals surface area contributed by atoms with Crippen molar-refractivity contribution in [2.24, 2.45) is 0 Å². The summed E-state index contributed by atoms with van der Waals surface area (Å²) >= 11 is 0. The number of hydrogen-bond donors (Lipinski definition) is 0. The molecule has 6 heteroatoms. The molecule has 0 bridgehead atoms. The Labute approximate surface area is 139 Å². The quantitative estimate of drug-likeness (QED) is 0.736. The Morgan fingerprint density at radius 2 is 1.83 bits per heavy atom. The van der Waals surface area contributed by atoms with Gasteiger partial charge in [-0.1, -0.05) is 30.3 Å². The molecule has 0 aliphatic carbocycles. The maximum Gasteiger partial charge on any atom is 0.246 e. The predicted octanol–water partition coefficient (Wildman–Crippen LogP) is 1.89. The van der Waals surface area contributed by atoms with E-state index in [4.69, 9.17) is 4.74 Å². The highest BCUT2D eigenvalue weighted by Crippen LogP contribution is 2.28. The molecule has 2 heterocycles. The van der Waals surface area contributed by atoms with Crippen molar-refractivity contribution < 1.29 is 9.53 Å². The minimum Gasteiger partial charge on any atom is -0.488 e. The molecule has 1 aromatic heterocycles. The van der Waals surface area contributed by atoms with Gasteiger partial charge in [0, 0.05) is 13.5 Å². The minimum absolute atomic E-state index is 0.000929. The van der Waals surface area contributed by atoms with E-state index in [0.717, 1.165) is 23.2 Å². The number of carbonyl (C=O) groups excluding carboxylic acids is 1. The molecule has 1 atom stereocenters. The number of ether oxygens (including phenoxy) is 1. The van der Waals surface area contributed by atoms with Crippen LogP contribution in [0, 0.1) is 0 Å². The van der Waals surface area contributed by atoms with Gasteiger partial charge in [-0.25, -0.2) is 0 Å². The van der Waals surface area contributed by atoms with Crippen LogP contribution in [0.4, 0.5) is 0 Å². The molecule has 1 aliphatic rings. The van der Waals surface area contributed by atoms with Gasteiger partial charge < -0.3 is 9.64 Å². The summed E-state index contributed by atoms with van der Waals surface area (Å²) in [5.74, 6) is 0.887. The molecule has 3 aromatic rings. The van der Waals surface area contributed by atoms with E-state index in [0.29, 0.717) is 6.54 Å². The molecular weight excluding hydrogens is 304 g/mol. The Bertz CT molecular complexity index is 831. The lowest BCUT2D eigenvalue weighted by molar-refractivity contribution is -0.131. The smallest absolute Gasteiger partial charge is 0.246 e. The highest BCUT2D eigenvalue weighted by molar-refractivity contribution is 5.77. The third-order valence-electron chi connectivity index (χ3n) is 4.22. The Hall–Kier alpha value is -2.89. The van der Waals surface area contributed by atoms with Crippen LogP contribution in [0.1, 0.15) is 5.56 Å². The first-order chi connectivity index (χ1) is 11.7. The summed E-state index contributed by atoms with van der Waals surface area (Å²) in [5.41, 5.74) is 2.79. The Kier molecular flexibility index (Phi) is 3.65. The first-order valence-corrected chi connectivity index (χ1v) is 7.97. The standard InChI is InChI=1S/C18H18N4O2/c1-21(11-14-10-13-6-2-5-9-17(13)24-14)18(23)12-22-19-15-7-3-4-8-16(15)20-22/h2-9,14H,10-12H2,1H3/t14-/m1/s1. The second kappa shape index (κ2) is 5.96. The zero-order valence-electron chi connectivity index (χ0n) is 13.4. The fraction of sp³-hybridized carbons (Fsp3) is 0.278. The summed E-state index contributed by atoms with van der Waals surface area (Å²) in [5, 5.41) is 8.65. The Morgan fingerprint density at radius 1 is 1.17 bits per heavy atom. The number of benzene rings is 2. The summed E-state index contributed by atoms with van der Waals surface area (Å²) in [4.78, 5) is 15.6. The van der Waals surface area contributed by atoms with Crippen LogP contribution >= 0.6 is 0 Å². The molecule has 24 heavy (non-hydrogen) atoms. The lowest BCUT2D eigenvalue weighted by Crippen LogP contribution is -2.38. The van der Waals surface area contributed by atoms with Crippen LogP contribution in [0.25, 0.3) is 11.0 Å². The summed E-state index contributed by atoms with van der Waals surface area (Å²) in [6, 6.07) is 15.6. The number of likely N-dealkylation sites (N-methyl/N-ethyl adjacent to an activating group) is 1. The first-order valence-electron chi connectivity index (χ1n) is 7.97. The fourth-order valence-corrected chi connectivity index (χ4v) is 2.98. The van der Waals surface area contributed by atoms with Crippen molar-refractivity contribution in [1.29, 1.82) is 0 Å². The van der Waals surface area contributed by atoms with Gasteiger partial charge in [-0.2, -0.15) is 15.0 Å². The van der Waals surface area contributed by atoms with Gasteiger partial charge in [-0.15, -0.1) is 0 Å². The van der Waals surface area contributed by atoms with Crippen LogP contribution in [0.5, 0.6) is 5.75 Å². The summed E-state index contributed by atoms with van der Waals surface area (Å²) in [6.07, 6.45) is 0.832. The molecule has 6 nitrogen and oxygen atoms in total. The second-order valence-corrected chi connectivity index (χ2v) is 6.05. The number of nitrogens with zero attached hydrogens (tertiary/aromatic N) is 4. The summed E-state index contributed by atoms with van der Waals surface area (Å²) < 4.78 is 5.89. The summed E-state index contributed by atoms with van der Waals surface area (Å²) in [7, 11) is 1.79. The van der Waals surface area contributed by atoms with Gasteiger partial charge >= 0.3 is 0 Å². The molecule has 0 saturated heterocycles. The van der Waals surface area contributed by atoms with Crippen molar-refractivity contribution >= 4 is 16.9 Å². The number of rotatable bonds is 4. The van der Waals surface area contributed by atoms with E-state index < -0.39 is 0 Å². The average molecular weight is 322 g/mol. The van der Waals surface area contributed by atoms with Crippen molar-refractivity contribution in [3.63, 3.8) is 0 Å². The largest absolute Gasteiger partial charge is 0.488 e. The third-order valence-corrected chi connectivity index (χ3v) is 4.22. The molecule has 0 unspecified atom stereocenters. The number of hydrogen-bond acceptors (Lipinski definition) is 4. The van der Waals surface area contributed by atoms with Crippen molar-refractivity contribution in [1.82, 2.24) is 19.9 Å². The van der Waals surface area contributed by atoms with Crippen LogP contribution < -0.4 is 4.74 Å². The molecule has 1 amide bonds. The molecule has 0 radical (unpaired) electrons. The van der Waals surface area contributed by atoms with E-state index in [1.807, 2.05) is 42.5 Å². The fourth-order valence-electron chi connectivity index (χ4n) is 2.98. The molecule has 0 N–H and O–H groups in total. The number of fused-ring (bicyclic) bond motifs is 2. The van der Waals surface area contributed by atoms with Crippen LogP contribution in [0.2, 0.25) is 0 Å². The molecule has 1 aliphatic heterocycles. The van der Waals surface area contributed by atoms with Crippen molar-refractivity contribution in [3.8, 4) is 5.75 Å². The van der Waals surface area contributed by atoms with Gasteiger partial charge in [0.2, 0.25) is 5.91 Å². The van der Waals surface area contributed by atoms with Crippen molar-refractivity contribution in [2.45, 2.75) is 19.1 Å². The van der Waals surface area contributed by atoms with Crippen molar-refractivity contribution in [3.05, 3.63) is 54.1 Å². The third kappa shape index (κ3) is 2.82. The van der Waals surface area contributed by atoms with Gasteiger partial charge in [0.15, 0.2) is 0 Å². The first kappa shape index (κ1) is 14.7.